The van der Waals surface area contributed by atoms with Gasteiger partial charge in [-0.3, -0.25) is 0 Å². The highest BCUT2D eigenvalue weighted by Crippen LogP contribution is 2.09. The van der Waals surface area contributed by atoms with Crippen LogP contribution in [0.5, 0.6) is 0 Å². The minimum absolute atomic E-state index is 0.819. The van der Waals surface area contributed by atoms with Gasteiger partial charge in [-0.15, -0.1) is 0 Å². The van der Waals surface area contributed by atoms with Crippen molar-refractivity contribution in [1.29, 1.82) is 0 Å². The quantitative estimate of drug-likeness (QED) is 0.699. The third-order valence-corrected chi connectivity index (χ3v) is 2.12. The molecule has 0 unspecified atom stereocenters. The lowest BCUT2D eigenvalue weighted by atomic mass is 10.1. The summed E-state index contributed by atoms with van der Waals surface area (Å²) in [6.45, 7) is 6.96. The van der Waals surface area contributed by atoms with Gasteiger partial charge in [0.25, 0.3) is 0 Å². The van der Waals surface area contributed by atoms with Crippen LogP contribution in [0.4, 0.5) is 5.69 Å². The fraction of sp³-hybridized carbons (Fsp3) is 0.333. The number of hydrogen-bond acceptors (Lipinski definition) is 2. The van der Waals surface area contributed by atoms with Gasteiger partial charge >= 0.3 is 0 Å². The maximum absolute atomic E-state index is 5.60. The van der Waals surface area contributed by atoms with E-state index in [0.717, 1.165) is 30.8 Å². The Labute approximate surface area is 85.8 Å². The molecule has 0 fully saturated rings. The Morgan fingerprint density at radius 3 is 2.57 bits per heavy atom. The Morgan fingerprint density at radius 2 is 2.00 bits per heavy atom. The molecular formula is C12H18N2. The molecule has 2 nitrogen and oxygen atoms in total. The molecule has 1 aromatic rings. The van der Waals surface area contributed by atoms with Gasteiger partial charge in [0, 0.05) is 17.9 Å². The number of benzene rings is 1. The van der Waals surface area contributed by atoms with Gasteiger partial charge in [-0.25, -0.2) is 0 Å². The lowest BCUT2D eigenvalue weighted by molar-refractivity contribution is 0.778. The van der Waals surface area contributed by atoms with E-state index >= 15 is 0 Å². The number of nitrogens with one attached hydrogen (secondary N) is 1. The smallest absolute Gasteiger partial charge is 0.0314 e. The number of rotatable bonds is 5. The summed E-state index contributed by atoms with van der Waals surface area (Å²) in [5.74, 6) is 0. The number of nitrogens with two attached hydrogens (primary N) is 1. The molecule has 0 spiro atoms. The molecule has 76 valence electrons. The Balaban J connectivity index is 2.38. The monoisotopic (exact) mass is 190 g/mol. The first kappa shape index (κ1) is 10.6. The minimum atomic E-state index is 0.819. The van der Waals surface area contributed by atoms with Crippen molar-refractivity contribution >= 4 is 5.69 Å². The highest BCUT2D eigenvalue weighted by Gasteiger charge is 1.95. The van der Waals surface area contributed by atoms with E-state index in [4.69, 9.17) is 5.73 Å². The lowest BCUT2D eigenvalue weighted by Crippen LogP contribution is -2.11. The molecule has 0 aliphatic rings. The normalized spacial score (nSPS) is 9.79. The molecule has 1 rings (SSSR count). The molecule has 0 bridgehead atoms. The predicted octanol–water partition coefficient (Wildman–Crippen LogP) is 2.32. The Hall–Kier alpha value is -1.44. The standard InChI is InChI=1S/C12H18N2/c1-3-14-10(2)4-5-11-6-8-12(13)9-7-11/h6-9,14H,2-5,13H2,1H3. The molecule has 0 aliphatic carbocycles. The SMILES string of the molecule is C=C(CCc1ccc(N)cc1)NCC. The van der Waals surface area contributed by atoms with Crippen molar-refractivity contribution in [2.45, 2.75) is 19.8 Å². The van der Waals surface area contributed by atoms with E-state index in [1.165, 1.54) is 5.56 Å². The van der Waals surface area contributed by atoms with E-state index < -0.39 is 0 Å². The highest BCUT2D eigenvalue weighted by atomic mass is 14.9. The Kier molecular flexibility index (Phi) is 4.05. The van der Waals surface area contributed by atoms with Crippen molar-refractivity contribution in [2.24, 2.45) is 0 Å². The molecule has 0 amide bonds. The van der Waals surface area contributed by atoms with E-state index in [-0.39, 0.29) is 0 Å². The van der Waals surface area contributed by atoms with Gasteiger partial charge in [-0.2, -0.15) is 0 Å². The zero-order valence-electron chi connectivity index (χ0n) is 8.72. The third-order valence-electron chi connectivity index (χ3n) is 2.12. The molecule has 0 saturated carbocycles. The second-order valence-corrected chi connectivity index (χ2v) is 3.38. The summed E-state index contributed by atoms with van der Waals surface area (Å²) in [5, 5.41) is 3.21. The van der Waals surface area contributed by atoms with Crippen molar-refractivity contribution in [3.8, 4) is 0 Å². The lowest BCUT2D eigenvalue weighted by Gasteiger charge is -2.06. The number of nitrogen functional groups attached to an aromatic ring is 1. The van der Waals surface area contributed by atoms with Crippen molar-refractivity contribution in [3.63, 3.8) is 0 Å². The van der Waals surface area contributed by atoms with E-state index in [1.54, 1.807) is 0 Å². The highest BCUT2D eigenvalue weighted by molar-refractivity contribution is 5.39. The fourth-order valence-electron chi connectivity index (χ4n) is 1.32. The average molecular weight is 190 g/mol. The minimum Gasteiger partial charge on any atom is -0.399 e. The molecule has 0 atom stereocenters. The molecule has 14 heavy (non-hydrogen) atoms. The summed E-state index contributed by atoms with van der Waals surface area (Å²) in [7, 11) is 0. The number of anilines is 1. The van der Waals surface area contributed by atoms with Gasteiger partial charge in [0.05, 0.1) is 0 Å². The molecule has 0 aliphatic heterocycles. The zero-order valence-corrected chi connectivity index (χ0v) is 8.72. The van der Waals surface area contributed by atoms with Gasteiger partial charge in [0.15, 0.2) is 0 Å². The van der Waals surface area contributed by atoms with Crippen LogP contribution in [-0.2, 0) is 6.42 Å². The van der Waals surface area contributed by atoms with Crippen molar-refractivity contribution in [3.05, 3.63) is 42.1 Å². The molecule has 0 radical (unpaired) electrons. The van der Waals surface area contributed by atoms with Crippen LogP contribution in [0.25, 0.3) is 0 Å². The van der Waals surface area contributed by atoms with E-state index in [9.17, 15) is 0 Å². The summed E-state index contributed by atoms with van der Waals surface area (Å²) in [4.78, 5) is 0. The molecule has 2 heteroatoms. The maximum Gasteiger partial charge on any atom is 0.0314 e. The van der Waals surface area contributed by atoms with Crippen molar-refractivity contribution in [2.75, 3.05) is 12.3 Å². The molecular weight excluding hydrogens is 172 g/mol. The van der Waals surface area contributed by atoms with Crippen LogP contribution in [0.3, 0.4) is 0 Å². The molecule has 1 aromatic carbocycles. The summed E-state index contributed by atoms with van der Waals surface area (Å²) in [6, 6.07) is 8.00. The fourth-order valence-corrected chi connectivity index (χ4v) is 1.32. The predicted molar refractivity (Wildman–Crippen MR) is 62.0 cm³/mol. The first-order valence-corrected chi connectivity index (χ1v) is 4.98. The van der Waals surface area contributed by atoms with E-state index in [0.29, 0.717) is 0 Å². The Bertz CT molecular complexity index is 288. The first-order chi connectivity index (χ1) is 6.72. The zero-order chi connectivity index (χ0) is 10.4. The van der Waals surface area contributed by atoms with Crippen molar-refractivity contribution < 1.29 is 0 Å². The summed E-state index contributed by atoms with van der Waals surface area (Å²) >= 11 is 0. The van der Waals surface area contributed by atoms with Gasteiger partial charge < -0.3 is 11.1 Å². The first-order valence-electron chi connectivity index (χ1n) is 4.98. The van der Waals surface area contributed by atoms with Gasteiger partial charge in [-0.05, 0) is 37.5 Å². The van der Waals surface area contributed by atoms with E-state index in [1.807, 2.05) is 12.1 Å². The maximum atomic E-state index is 5.60. The van der Waals surface area contributed by atoms with E-state index in [2.05, 4.69) is 31.0 Å². The van der Waals surface area contributed by atoms with Crippen molar-refractivity contribution in [1.82, 2.24) is 5.32 Å². The van der Waals surface area contributed by atoms with Crippen LogP contribution in [0.2, 0.25) is 0 Å². The summed E-state index contributed by atoms with van der Waals surface area (Å²) in [5.41, 5.74) is 8.82. The van der Waals surface area contributed by atoms with Gasteiger partial charge in [-0.1, -0.05) is 18.7 Å². The summed E-state index contributed by atoms with van der Waals surface area (Å²) < 4.78 is 0. The largest absolute Gasteiger partial charge is 0.399 e. The van der Waals surface area contributed by atoms with Crippen LogP contribution in [-0.4, -0.2) is 6.54 Å². The number of allylic oxidation sites excluding steroid dienone is 1. The van der Waals surface area contributed by atoms with Crippen LogP contribution in [0.1, 0.15) is 18.9 Å². The number of hydrogen-bond donors (Lipinski definition) is 2. The third kappa shape index (κ3) is 3.52. The second kappa shape index (κ2) is 5.32. The molecule has 0 saturated heterocycles. The molecule has 3 N–H and O–H groups in total. The van der Waals surface area contributed by atoms with Gasteiger partial charge in [0.2, 0.25) is 0 Å². The number of aryl methyl sites for hydroxylation is 1. The van der Waals surface area contributed by atoms with Crippen LogP contribution in [0.15, 0.2) is 36.5 Å². The van der Waals surface area contributed by atoms with Crippen LogP contribution < -0.4 is 11.1 Å². The van der Waals surface area contributed by atoms with Crippen LogP contribution in [0, 0.1) is 0 Å². The molecule has 0 heterocycles. The van der Waals surface area contributed by atoms with Crippen LogP contribution >= 0.6 is 0 Å². The topological polar surface area (TPSA) is 38.0 Å². The second-order valence-electron chi connectivity index (χ2n) is 3.38. The molecule has 0 aromatic heterocycles. The Morgan fingerprint density at radius 1 is 1.36 bits per heavy atom. The average Bonchev–Trinajstić information content (AvgIpc) is 2.17. The van der Waals surface area contributed by atoms with Gasteiger partial charge in [0.1, 0.15) is 0 Å². The summed E-state index contributed by atoms with van der Waals surface area (Å²) in [6.07, 6.45) is 2.00.